The van der Waals surface area contributed by atoms with E-state index < -0.39 is 17.8 Å². The highest BCUT2D eigenvalue weighted by atomic mass is 16.6. The van der Waals surface area contributed by atoms with Crippen LogP contribution in [0.3, 0.4) is 0 Å². The summed E-state index contributed by atoms with van der Waals surface area (Å²) in [4.78, 5) is 13.2. The largest absolute Gasteiger partial charge is 0.444 e. The molecule has 22 heavy (non-hydrogen) atoms. The lowest BCUT2D eigenvalue weighted by Gasteiger charge is -2.19. The van der Waals surface area contributed by atoms with Gasteiger partial charge in [-0.2, -0.15) is 15.0 Å². The summed E-state index contributed by atoms with van der Waals surface area (Å²) in [5.41, 5.74) is 1.75. The van der Waals surface area contributed by atoms with Crippen molar-refractivity contribution in [3.63, 3.8) is 0 Å². The second-order valence-corrected chi connectivity index (χ2v) is 6.24. The molecule has 1 heterocycles. The molecule has 1 aromatic carbocycles. The fourth-order valence-electron chi connectivity index (χ4n) is 1.98. The van der Waals surface area contributed by atoms with Gasteiger partial charge in [-0.15, -0.1) is 0 Å². The summed E-state index contributed by atoms with van der Waals surface area (Å²) in [7, 11) is 0. The molecule has 0 fully saturated rings. The molecule has 1 atom stereocenters. The van der Waals surface area contributed by atoms with Crippen molar-refractivity contribution in [3.05, 3.63) is 23.8 Å². The molecule has 0 saturated heterocycles. The predicted molar refractivity (Wildman–Crippen MR) is 82.3 cm³/mol. The quantitative estimate of drug-likeness (QED) is 0.899. The van der Waals surface area contributed by atoms with Gasteiger partial charge in [-0.25, -0.2) is 4.79 Å². The lowest BCUT2D eigenvalue weighted by molar-refractivity contribution is 0.0524. The number of amides is 1. The molecule has 2 aromatic rings. The summed E-state index contributed by atoms with van der Waals surface area (Å²) in [6.07, 6.45) is -0.994. The normalized spacial score (nSPS) is 13.1. The number of rotatable bonds is 4. The molecule has 1 aromatic heterocycles. The third-order valence-electron chi connectivity index (χ3n) is 2.79. The van der Waals surface area contributed by atoms with Gasteiger partial charge in [0.2, 0.25) is 0 Å². The van der Waals surface area contributed by atoms with Crippen LogP contribution >= 0.6 is 0 Å². The number of fused-ring (bicyclic) bond motifs is 1. The summed E-state index contributed by atoms with van der Waals surface area (Å²) in [5, 5.41) is 20.8. The van der Waals surface area contributed by atoms with Crippen molar-refractivity contribution in [2.24, 2.45) is 0 Å². The van der Waals surface area contributed by atoms with E-state index in [0.717, 1.165) is 11.1 Å². The van der Waals surface area contributed by atoms with Gasteiger partial charge in [0.25, 0.3) is 0 Å². The van der Waals surface area contributed by atoms with Crippen molar-refractivity contribution >= 4 is 17.1 Å². The highest BCUT2D eigenvalue weighted by Gasteiger charge is 2.16. The third-order valence-corrected chi connectivity index (χ3v) is 2.79. The summed E-state index contributed by atoms with van der Waals surface area (Å²) in [6, 6.07) is 5.58. The van der Waals surface area contributed by atoms with Crippen LogP contribution in [-0.2, 0) is 17.8 Å². The molecule has 1 unspecified atom stereocenters. The van der Waals surface area contributed by atoms with E-state index in [4.69, 9.17) is 4.74 Å². The zero-order valence-corrected chi connectivity index (χ0v) is 13.3. The van der Waals surface area contributed by atoms with Crippen molar-refractivity contribution in [2.75, 3.05) is 0 Å². The number of aliphatic hydroxyl groups excluding tert-OH is 1. The van der Waals surface area contributed by atoms with E-state index in [-0.39, 0.29) is 0 Å². The van der Waals surface area contributed by atoms with Crippen molar-refractivity contribution in [3.8, 4) is 0 Å². The molecular formula is C15H22N4O3. The number of ether oxygens (including phenoxy) is 1. The lowest BCUT2D eigenvalue weighted by Crippen LogP contribution is -2.32. The van der Waals surface area contributed by atoms with Gasteiger partial charge < -0.3 is 15.2 Å². The Labute approximate surface area is 129 Å². The Balaban J connectivity index is 2.11. The molecular weight excluding hydrogens is 284 g/mol. The topological polar surface area (TPSA) is 89.3 Å². The fourth-order valence-corrected chi connectivity index (χ4v) is 1.98. The molecule has 120 valence electrons. The number of aromatic nitrogens is 3. The molecule has 0 bridgehead atoms. The lowest BCUT2D eigenvalue weighted by atomic mass is 10.2. The van der Waals surface area contributed by atoms with Crippen LogP contribution in [0.25, 0.3) is 11.0 Å². The molecule has 7 nitrogen and oxygen atoms in total. The zero-order chi connectivity index (χ0) is 16.3. The van der Waals surface area contributed by atoms with Gasteiger partial charge in [-0.3, -0.25) is 0 Å². The van der Waals surface area contributed by atoms with Crippen LogP contribution in [0.15, 0.2) is 18.2 Å². The Hall–Kier alpha value is -2.15. The van der Waals surface area contributed by atoms with Crippen LogP contribution in [0.5, 0.6) is 0 Å². The molecule has 0 aliphatic heterocycles. The first-order chi connectivity index (χ1) is 10.2. The summed E-state index contributed by atoms with van der Waals surface area (Å²) in [5.74, 6) is 0. The smallest absolute Gasteiger partial charge is 0.407 e. The highest BCUT2D eigenvalue weighted by molar-refractivity contribution is 5.78. The number of benzene rings is 1. The second-order valence-electron chi connectivity index (χ2n) is 6.24. The Morgan fingerprint density at radius 2 is 2.14 bits per heavy atom. The number of carbonyl (C=O) groups excluding carboxylic acids is 1. The number of nitrogens with zero attached hydrogens (tertiary/aromatic N) is 3. The maximum atomic E-state index is 11.7. The summed E-state index contributed by atoms with van der Waals surface area (Å²) < 4.78 is 5.20. The van der Waals surface area contributed by atoms with E-state index >= 15 is 0 Å². The van der Waals surface area contributed by atoms with Gasteiger partial charge in [0.15, 0.2) is 0 Å². The van der Waals surface area contributed by atoms with Gasteiger partial charge in [-0.1, -0.05) is 12.1 Å². The minimum Gasteiger partial charge on any atom is -0.444 e. The molecule has 2 rings (SSSR count). The first-order valence-electron chi connectivity index (χ1n) is 7.22. The third kappa shape index (κ3) is 4.42. The average Bonchev–Trinajstić information content (AvgIpc) is 2.75. The van der Waals surface area contributed by atoms with Crippen LogP contribution in [0.1, 0.15) is 33.3 Å². The van der Waals surface area contributed by atoms with Crippen molar-refractivity contribution in [1.29, 1.82) is 0 Å². The molecule has 1 amide bonds. The minimum absolute atomic E-state index is 0.305. The molecule has 0 aliphatic carbocycles. The SMILES string of the molecule is CC(O)Cn1nc2cccc(CNC(=O)OC(C)(C)C)c2n1. The van der Waals surface area contributed by atoms with Gasteiger partial charge in [0.05, 0.1) is 12.6 Å². The van der Waals surface area contributed by atoms with Crippen LogP contribution in [-0.4, -0.2) is 37.9 Å². The highest BCUT2D eigenvalue weighted by Crippen LogP contribution is 2.15. The first-order valence-corrected chi connectivity index (χ1v) is 7.22. The number of aliphatic hydroxyl groups is 1. The summed E-state index contributed by atoms with van der Waals surface area (Å²) >= 11 is 0. The molecule has 0 saturated carbocycles. The van der Waals surface area contributed by atoms with Crippen LogP contribution in [0, 0.1) is 0 Å². The molecule has 0 spiro atoms. The Morgan fingerprint density at radius 3 is 2.77 bits per heavy atom. The minimum atomic E-state index is -0.531. The maximum absolute atomic E-state index is 11.7. The monoisotopic (exact) mass is 306 g/mol. The van der Waals surface area contributed by atoms with Gasteiger partial charge >= 0.3 is 6.09 Å². The maximum Gasteiger partial charge on any atom is 0.407 e. The molecule has 2 N–H and O–H groups in total. The second kappa shape index (κ2) is 6.31. The zero-order valence-electron chi connectivity index (χ0n) is 13.3. The molecule has 0 aliphatic rings. The van der Waals surface area contributed by atoms with Gasteiger partial charge in [-0.05, 0) is 33.8 Å². The van der Waals surface area contributed by atoms with E-state index in [9.17, 15) is 9.90 Å². The number of carbonyl (C=O) groups is 1. The predicted octanol–water partition coefficient (Wildman–Crippen LogP) is 1.84. The van der Waals surface area contributed by atoms with Gasteiger partial charge in [0, 0.05) is 12.1 Å². The first kappa shape index (κ1) is 16.2. The van der Waals surface area contributed by atoms with Crippen LogP contribution in [0.4, 0.5) is 4.79 Å². The van der Waals surface area contributed by atoms with E-state index in [1.165, 1.54) is 4.80 Å². The van der Waals surface area contributed by atoms with E-state index in [1.54, 1.807) is 6.92 Å². The van der Waals surface area contributed by atoms with Crippen LogP contribution < -0.4 is 5.32 Å². The number of alkyl carbamates (subject to hydrolysis) is 1. The Bertz CT molecular complexity index is 658. The van der Waals surface area contributed by atoms with Crippen LogP contribution in [0.2, 0.25) is 0 Å². The van der Waals surface area contributed by atoms with E-state index in [1.807, 2.05) is 39.0 Å². The number of hydrogen-bond acceptors (Lipinski definition) is 5. The Kier molecular flexibility index (Phi) is 4.65. The molecule has 0 radical (unpaired) electrons. The number of nitrogens with one attached hydrogen (secondary N) is 1. The standard InChI is InChI=1S/C15H22N4O3/c1-10(20)9-19-17-12-7-5-6-11(13(12)18-19)8-16-14(21)22-15(2,3)4/h5-7,10,20H,8-9H2,1-4H3,(H,16,21). The molecule has 7 heteroatoms. The number of hydrogen-bond donors (Lipinski definition) is 2. The Morgan fingerprint density at radius 1 is 1.41 bits per heavy atom. The van der Waals surface area contributed by atoms with Gasteiger partial charge in [0.1, 0.15) is 16.6 Å². The van der Waals surface area contributed by atoms with E-state index in [0.29, 0.717) is 18.6 Å². The van der Waals surface area contributed by atoms with E-state index in [2.05, 4.69) is 15.5 Å². The average molecular weight is 306 g/mol. The van der Waals surface area contributed by atoms with Crippen molar-refractivity contribution in [1.82, 2.24) is 20.3 Å². The van der Waals surface area contributed by atoms with Crippen molar-refractivity contribution in [2.45, 2.75) is 52.5 Å². The fraction of sp³-hybridized carbons (Fsp3) is 0.533. The summed E-state index contributed by atoms with van der Waals surface area (Å²) in [6.45, 7) is 7.76. The van der Waals surface area contributed by atoms with Crippen molar-refractivity contribution < 1.29 is 14.6 Å².